The van der Waals surface area contributed by atoms with Crippen LogP contribution in [0.25, 0.3) is 10.8 Å². The van der Waals surface area contributed by atoms with E-state index in [1.807, 2.05) is 0 Å². The lowest BCUT2D eigenvalue weighted by atomic mass is 10.1. The molecule has 0 radical (unpaired) electrons. The fourth-order valence-electron chi connectivity index (χ4n) is 1.85. The quantitative estimate of drug-likeness (QED) is 0.844. The molecule has 1 aromatic heterocycles. The van der Waals surface area contributed by atoms with E-state index in [0.29, 0.717) is 10.8 Å². The van der Waals surface area contributed by atoms with Crippen LogP contribution >= 0.6 is 0 Å². The van der Waals surface area contributed by atoms with Crippen LogP contribution in [0, 0.1) is 5.82 Å². The van der Waals surface area contributed by atoms with Gasteiger partial charge in [0.2, 0.25) is 0 Å². The first-order valence-corrected chi connectivity index (χ1v) is 5.77. The maximum absolute atomic E-state index is 13.1. The summed E-state index contributed by atoms with van der Waals surface area (Å²) in [7, 11) is 0. The summed E-state index contributed by atoms with van der Waals surface area (Å²) in [6, 6.07) is 5.59. The van der Waals surface area contributed by atoms with E-state index in [1.165, 1.54) is 24.3 Å². The maximum atomic E-state index is 13.1. The van der Waals surface area contributed by atoms with Gasteiger partial charge in [0.15, 0.2) is 0 Å². The molecule has 0 aliphatic heterocycles. The smallest absolute Gasteiger partial charge is 0.268 e. The lowest BCUT2D eigenvalue weighted by Crippen LogP contribution is -2.28. The van der Waals surface area contributed by atoms with Crippen molar-refractivity contribution >= 4 is 16.7 Å². The Hall–Kier alpha value is -2.17. The third-order valence-electron chi connectivity index (χ3n) is 2.96. The molecule has 92 valence electrons. The molecule has 1 aliphatic rings. The third-order valence-corrected chi connectivity index (χ3v) is 2.96. The van der Waals surface area contributed by atoms with Crippen molar-refractivity contribution < 1.29 is 9.18 Å². The van der Waals surface area contributed by atoms with Gasteiger partial charge >= 0.3 is 0 Å². The fourth-order valence-corrected chi connectivity index (χ4v) is 1.85. The SMILES string of the molecule is O=C(NC1CC1)c1cc2cc(F)ccc2c(=O)[nH]1. The number of H-pyrrole nitrogens is 1. The van der Waals surface area contributed by atoms with Crippen LogP contribution in [-0.4, -0.2) is 16.9 Å². The lowest BCUT2D eigenvalue weighted by Gasteiger charge is -2.04. The van der Waals surface area contributed by atoms with E-state index in [2.05, 4.69) is 10.3 Å². The molecular weight excluding hydrogens is 235 g/mol. The summed E-state index contributed by atoms with van der Waals surface area (Å²) in [6.45, 7) is 0. The van der Waals surface area contributed by atoms with Crippen LogP contribution < -0.4 is 10.9 Å². The Morgan fingerprint density at radius 2 is 2.11 bits per heavy atom. The van der Waals surface area contributed by atoms with Crippen molar-refractivity contribution in [3.05, 3.63) is 46.1 Å². The van der Waals surface area contributed by atoms with Gasteiger partial charge in [0.1, 0.15) is 11.5 Å². The predicted molar refractivity (Wildman–Crippen MR) is 65.0 cm³/mol. The van der Waals surface area contributed by atoms with Crippen molar-refractivity contribution in [3.8, 4) is 0 Å². The average Bonchev–Trinajstić information content (AvgIpc) is 3.12. The second kappa shape index (κ2) is 3.94. The number of halogens is 1. The van der Waals surface area contributed by atoms with Gasteiger partial charge in [-0.2, -0.15) is 0 Å². The minimum Gasteiger partial charge on any atom is -0.348 e. The number of benzene rings is 1. The van der Waals surface area contributed by atoms with Gasteiger partial charge in [-0.15, -0.1) is 0 Å². The summed E-state index contributed by atoms with van der Waals surface area (Å²) in [5.41, 5.74) is -0.210. The van der Waals surface area contributed by atoms with Gasteiger partial charge in [-0.05, 0) is 42.5 Å². The van der Waals surface area contributed by atoms with E-state index in [1.54, 1.807) is 0 Å². The van der Waals surface area contributed by atoms with E-state index >= 15 is 0 Å². The highest BCUT2D eigenvalue weighted by Gasteiger charge is 2.24. The Morgan fingerprint density at radius 1 is 1.33 bits per heavy atom. The Labute approximate surface area is 102 Å². The maximum Gasteiger partial charge on any atom is 0.268 e. The minimum absolute atomic E-state index is 0.171. The number of nitrogens with one attached hydrogen (secondary N) is 2. The molecule has 1 fully saturated rings. The molecule has 1 aliphatic carbocycles. The Balaban J connectivity index is 2.07. The number of aromatic nitrogens is 1. The predicted octanol–water partition coefficient (Wildman–Crippen LogP) is 1.56. The standard InChI is InChI=1S/C13H11FN2O2/c14-8-1-4-10-7(5-8)6-11(16-12(10)17)13(18)15-9-2-3-9/h1,4-6,9H,2-3H2,(H,15,18)(H,16,17). The molecule has 2 aromatic rings. The minimum atomic E-state index is -0.429. The van der Waals surface area contributed by atoms with Crippen LogP contribution in [0.3, 0.4) is 0 Å². The molecule has 0 saturated heterocycles. The number of rotatable bonds is 2. The largest absolute Gasteiger partial charge is 0.348 e. The second-order valence-corrected chi connectivity index (χ2v) is 4.49. The van der Waals surface area contributed by atoms with Crippen LogP contribution in [0.4, 0.5) is 4.39 Å². The molecule has 18 heavy (non-hydrogen) atoms. The molecule has 0 spiro atoms. The van der Waals surface area contributed by atoms with Gasteiger partial charge < -0.3 is 10.3 Å². The number of pyridine rings is 1. The summed E-state index contributed by atoms with van der Waals surface area (Å²) in [5, 5.41) is 3.58. The van der Waals surface area contributed by atoms with Gasteiger partial charge in [-0.25, -0.2) is 4.39 Å². The number of aromatic amines is 1. The van der Waals surface area contributed by atoms with Gasteiger partial charge in [-0.3, -0.25) is 9.59 Å². The summed E-state index contributed by atoms with van der Waals surface area (Å²) in [5.74, 6) is -0.748. The molecule has 1 aromatic carbocycles. The number of hydrogen-bond acceptors (Lipinski definition) is 2. The molecule has 0 unspecified atom stereocenters. The zero-order valence-corrected chi connectivity index (χ0v) is 9.50. The molecule has 0 atom stereocenters. The van der Waals surface area contributed by atoms with E-state index in [0.717, 1.165) is 12.8 Å². The molecular formula is C13H11FN2O2. The highest BCUT2D eigenvalue weighted by molar-refractivity contribution is 5.96. The summed E-state index contributed by atoms with van der Waals surface area (Å²) >= 11 is 0. The van der Waals surface area contributed by atoms with Crippen molar-refractivity contribution in [2.75, 3.05) is 0 Å². The number of hydrogen-bond donors (Lipinski definition) is 2. The Bertz CT molecular complexity index is 689. The molecule has 1 saturated carbocycles. The van der Waals surface area contributed by atoms with E-state index in [9.17, 15) is 14.0 Å². The van der Waals surface area contributed by atoms with Crippen LogP contribution in [0.1, 0.15) is 23.3 Å². The molecule has 3 rings (SSSR count). The van der Waals surface area contributed by atoms with Crippen LogP contribution in [-0.2, 0) is 0 Å². The van der Waals surface area contributed by atoms with Crippen LogP contribution in [0.15, 0.2) is 29.1 Å². The second-order valence-electron chi connectivity index (χ2n) is 4.49. The first kappa shape index (κ1) is 11.0. The van der Waals surface area contributed by atoms with E-state index < -0.39 is 5.82 Å². The van der Waals surface area contributed by atoms with Crippen molar-refractivity contribution in [1.82, 2.24) is 10.3 Å². The molecule has 2 N–H and O–H groups in total. The molecule has 4 nitrogen and oxygen atoms in total. The van der Waals surface area contributed by atoms with Gasteiger partial charge in [0.05, 0.1) is 0 Å². The van der Waals surface area contributed by atoms with Crippen LogP contribution in [0.5, 0.6) is 0 Å². The first-order chi connectivity index (χ1) is 8.63. The number of carbonyl (C=O) groups is 1. The molecule has 0 bridgehead atoms. The van der Waals surface area contributed by atoms with Crippen molar-refractivity contribution in [3.63, 3.8) is 0 Å². The highest BCUT2D eigenvalue weighted by Crippen LogP contribution is 2.19. The Morgan fingerprint density at radius 3 is 2.83 bits per heavy atom. The molecule has 1 amide bonds. The summed E-state index contributed by atoms with van der Waals surface area (Å²) in [4.78, 5) is 26.1. The summed E-state index contributed by atoms with van der Waals surface area (Å²) < 4.78 is 13.1. The Kier molecular flexibility index (Phi) is 2.40. The number of carbonyl (C=O) groups excluding carboxylic acids is 1. The summed E-state index contributed by atoms with van der Waals surface area (Å²) in [6.07, 6.45) is 1.94. The third kappa shape index (κ3) is 1.99. The first-order valence-electron chi connectivity index (χ1n) is 5.77. The van der Waals surface area contributed by atoms with Crippen molar-refractivity contribution in [2.45, 2.75) is 18.9 Å². The van der Waals surface area contributed by atoms with Gasteiger partial charge in [0.25, 0.3) is 11.5 Å². The number of fused-ring (bicyclic) bond motifs is 1. The van der Waals surface area contributed by atoms with E-state index in [4.69, 9.17) is 0 Å². The molecule has 5 heteroatoms. The number of amides is 1. The normalized spacial score (nSPS) is 14.7. The lowest BCUT2D eigenvalue weighted by molar-refractivity contribution is 0.0946. The van der Waals surface area contributed by atoms with Crippen molar-refractivity contribution in [1.29, 1.82) is 0 Å². The average molecular weight is 246 g/mol. The zero-order valence-electron chi connectivity index (χ0n) is 9.50. The van der Waals surface area contributed by atoms with E-state index in [-0.39, 0.29) is 23.2 Å². The fraction of sp³-hybridized carbons (Fsp3) is 0.231. The topological polar surface area (TPSA) is 62.0 Å². The van der Waals surface area contributed by atoms with Gasteiger partial charge in [-0.1, -0.05) is 0 Å². The van der Waals surface area contributed by atoms with Crippen molar-refractivity contribution in [2.24, 2.45) is 0 Å². The van der Waals surface area contributed by atoms with Crippen LogP contribution in [0.2, 0.25) is 0 Å². The monoisotopic (exact) mass is 246 g/mol. The highest BCUT2D eigenvalue weighted by atomic mass is 19.1. The zero-order chi connectivity index (χ0) is 12.7. The van der Waals surface area contributed by atoms with Gasteiger partial charge in [0, 0.05) is 11.4 Å². The molecule has 1 heterocycles.